The summed E-state index contributed by atoms with van der Waals surface area (Å²) in [4.78, 5) is 11.8. The predicted molar refractivity (Wildman–Crippen MR) is 77.3 cm³/mol. The average molecular weight is 350 g/mol. The van der Waals surface area contributed by atoms with Crippen LogP contribution in [-0.2, 0) is 9.53 Å². The van der Waals surface area contributed by atoms with Gasteiger partial charge in [-0.25, -0.2) is 0 Å². The van der Waals surface area contributed by atoms with Crippen molar-refractivity contribution in [2.45, 2.75) is 69.7 Å². The Labute approximate surface area is 132 Å². The molecule has 0 amide bonds. The molecule has 1 atom stereocenters. The maximum atomic E-state index is 12.8. The van der Waals surface area contributed by atoms with Crippen LogP contribution in [0, 0.1) is 0 Å². The van der Waals surface area contributed by atoms with E-state index in [0.717, 1.165) is 24.6 Å². The number of ether oxygens (including phenoxy) is 1. The molecule has 0 N–H and O–H groups in total. The van der Waals surface area contributed by atoms with Gasteiger partial charge in [0.1, 0.15) is 5.25 Å². The molecule has 0 aliphatic heterocycles. The Kier molecular flexibility index (Phi) is 10.0. The number of unbranched alkanes of at least 4 members (excludes halogenated alkanes) is 1. The highest BCUT2D eigenvalue weighted by molar-refractivity contribution is 8.00. The fraction of sp³-hybridized carbons (Fsp3) is 0.929. The SMILES string of the molecule is CCCCC(SCCCC(F)(F)C(F)(F)F)C(=O)OCCC. The average Bonchev–Trinajstić information content (AvgIpc) is 2.42. The van der Waals surface area contributed by atoms with Crippen molar-refractivity contribution >= 4 is 17.7 Å². The van der Waals surface area contributed by atoms with Crippen molar-refractivity contribution in [3.63, 3.8) is 0 Å². The smallest absolute Gasteiger partial charge is 0.453 e. The quantitative estimate of drug-likeness (QED) is 0.291. The molecule has 22 heavy (non-hydrogen) atoms. The second-order valence-corrected chi connectivity index (χ2v) is 6.29. The molecular weight excluding hydrogens is 327 g/mol. The molecule has 132 valence electrons. The van der Waals surface area contributed by atoms with Gasteiger partial charge >= 0.3 is 18.1 Å². The Hall–Kier alpha value is -0.530. The summed E-state index contributed by atoms with van der Waals surface area (Å²) in [7, 11) is 0. The first-order valence-electron chi connectivity index (χ1n) is 7.38. The molecule has 0 saturated heterocycles. The number of halogens is 5. The van der Waals surface area contributed by atoms with Gasteiger partial charge in [-0.05, 0) is 25.0 Å². The lowest BCUT2D eigenvalue weighted by Gasteiger charge is -2.20. The van der Waals surface area contributed by atoms with Crippen LogP contribution < -0.4 is 0 Å². The first-order valence-corrected chi connectivity index (χ1v) is 8.43. The van der Waals surface area contributed by atoms with Gasteiger partial charge in [0, 0.05) is 6.42 Å². The highest BCUT2D eigenvalue weighted by Gasteiger charge is 2.56. The maximum Gasteiger partial charge on any atom is 0.453 e. The lowest BCUT2D eigenvalue weighted by molar-refractivity contribution is -0.284. The summed E-state index contributed by atoms with van der Waals surface area (Å²) in [5, 5.41) is -0.494. The monoisotopic (exact) mass is 350 g/mol. The van der Waals surface area contributed by atoms with E-state index >= 15 is 0 Å². The first kappa shape index (κ1) is 21.5. The molecule has 0 spiro atoms. The van der Waals surface area contributed by atoms with Crippen LogP contribution in [0.15, 0.2) is 0 Å². The van der Waals surface area contributed by atoms with Crippen molar-refractivity contribution in [2.24, 2.45) is 0 Å². The minimum Gasteiger partial charge on any atom is -0.465 e. The molecule has 0 radical (unpaired) electrons. The molecule has 0 aromatic carbocycles. The summed E-state index contributed by atoms with van der Waals surface area (Å²) in [5.41, 5.74) is 0. The van der Waals surface area contributed by atoms with Crippen molar-refractivity contribution in [3.05, 3.63) is 0 Å². The zero-order valence-corrected chi connectivity index (χ0v) is 13.7. The second-order valence-electron chi connectivity index (χ2n) is 4.97. The van der Waals surface area contributed by atoms with Gasteiger partial charge in [-0.15, -0.1) is 11.8 Å². The van der Waals surface area contributed by atoms with E-state index in [4.69, 9.17) is 4.74 Å². The van der Waals surface area contributed by atoms with Crippen LogP contribution in [0.2, 0.25) is 0 Å². The van der Waals surface area contributed by atoms with E-state index in [-0.39, 0.29) is 18.8 Å². The molecule has 0 heterocycles. The van der Waals surface area contributed by atoms with Crippen LogP contribution in [0.1, 0.15) is 52.4 Å². The molecule has 0 aromatic heterocycles. The fourth-order valence-corrected chi connectivity index (χ4v) is 2.75. The van der Waals surface area contributed by atoms with E-state index in [2.05, 4.69) is 0 Å². The predicted octanol–water partition coefficient (Wildman–Crippen LogP) is 5.21. The molecule has 8 heteroatoms. The van der Waals surface area contributed by atoms with Crippen molar-refractivity contribution < 1.29 is 31.5 Å². The van der Waals surface area contributed by atoms with Crippen LogP contribution in [0.25, 0.3) is 0 Å². The van der Waals surface area contributed by atoms with Gasteiger partial charge in [0.25, 0.3) is 0 Å². The Bertz CT molecular complexity index is 321. The number of rotatable bonds is 11. The number of carbonyl (C=O) groups is 1. The van der Waals surface area contributed by atoms with Crippen LogP contribution in [0.5, 0.6) is 0 Å². The zero-order valence-electron chi connectivity index (χ0n) is 12.8. The lowest BCUT2D eigenvalue weighted by Crippen LogP contribution is -2.36. The van der Waals surface area contributed by atoms with Gasteiger partial charge in [-0.2, -0.15) is 22.0 Å². The molecule has 0 rings (SSSR count). The highest BCUT2D eigenvalue weighted by Crippen LogP contribution is 2.39. The first-order chi connectivity index (χ1) is 10.2. The molecule has 0 bridgehead atoms. The third kappa shape index (κ3) is 8.19. The number of hydrogen-bond acceptors (Lipinski definition) is 3. The van der Waals surface area contributed by atoms with Crippen LogP contribution >= 0.6 is 11.8 Å². The van der Waals surface area contributed by atoms with Crippen molar-refractivity contribution in [3.8, 4) is 0 Å². The summed E-state index contributed by atoms with van der Waals surface area (Å²) in [6, 6.07) is 0. The number of thioether (sulfide) groups is 1. The van der Waals surface area contributed by atoms with Crippen LogP contribution in [0.4, 0.5) is 22.0 Å². The summed E-state index contributed by atoms with van der Waals surface area (Å²) < 4.78 is 66.6. The third-order valence-corrected chi connectivity index (χ3v) is 4.25. The Morgan fingerprint density at radius 1 is 1.09 bits per heavy atom. The van der Waals surface area contributed by atoms with E-state index in [1.165, 1.54) is 0 Å². The van der Waals surface area contributed by atoms with Gasteiger partial charge in [0.15, 0.2) is 0 Å². The normalized spacial score (nSPS) is 14.0. The lowest BCUT2D eigenvalue weighted by atomic mass is 10.2. The highest BCUT2D eigenvalue weighted by atomic mass is 32.2. The zero-order chi connectivity index (χ0) is 17.2. The van der Waals surface area contributed by atoms with Crippen molar-refractivity contribution in [2.75, 3.05) is 12.4 Å². The minimum atomic E-state index is -5.51. The topological polar surface area (TPSA) is 26.3 Å². The molecule has 0 saturated carbocycles. The van der Waals surface area contributed by atoms with Gasteiger partial charge < -0.3 is 4.74 Å². The standard InChI is InChI=1S/C14H23F5O2S/c1-3-5-7-11(12(20)21-9-4-2)22-10-6-8-13(15,16)14(17,18)19/h11H,3-10H2,1-2H3. The molecule has 0 aliphatic carbocycles. The van der Waals surface area contributed by atoms with E-state index in [1.807, 2.05) is 13.8 Å². The molecular formula is C14H23F5O2S. The van der Waals surface area contributed by atoms with E-state index in [0.29, 0.717) is 12.8 Å². The Balaban J connectivity index is 4.25. The largest absolute Gasteiger partial charge is 0.465 e. The number of alkyl halides is 5. The van der Waals surface area contributed by atoms with Crippen molar-refractivity contribution in [1.82, 2.24) is 0 Å². The van der Waals surface area contributed by atoms with Crippen LogP contribution in [-0.4, -0.2) is 35.7 Å². The van der Waals surface area contributed by atoms with E-state index in [9.17, 15) is 26.7 Å². The summed E-state index contributed by atoms with van der Waals surface area (Å²) in [6.45, 7) is 4.08. The summed E-state index contributed by atoms with van der Waals surface area (Å²) >= 11 is 1.10. The molecule has 0 aliphatic rings. The van der Waals surface area contributed by atoms with Gasteiger partial charge in [-0.1, -0.05) is 26.7 Å². The number of carbonyl (C=O) groups excluding carboxylic acids is 1. The summed E-state index contributed by atoms with van der Waals surface area (Å²) in [5.74, 6) is -5.01. The van der Waals surface area contributed by atoms with Gasteiger partial charge in [0.05, 0.1) is 6.61 Å². The molecule has 1 unspecified atom stereocenters. The second kappa shape index (κ2) is 10.3. The molecule has 0 aromatic rings. The Morgan fingerprint density at radius 2 is 1.73 bits per heavy atom. The summed E-state index contributed by atoms with van der Waals surface area (Å²) in [6.07, 6.45) is -4.22. The van der Waals surface area contributed by atoms with Crippen molar-refractivity contribution in [1.29, 1.82) is 0 Å². The van der Waals surface area contributed by atoms with E-state index in [1.54, 1.807) is 0 Å². The van der Waals surface area contributed by atoms with Crippen LogP contribution in [0.3, 0.4) is 0 Å². The minimum absolute atomic E-state index is 0.0707. The number of hydrogen-bond donors (Lipinski definition) is 0. The third-order valence-electron chi connectivity index (χ3n) is 2.90. The van der Waals surface area contributed by atoms with Gasteiger partial charge in [-0.3, -0.25) is 4.79 Å². The molecule has 2 nitrogen and oxygen atoms in total. The fourth-order valence-electron chi connectivity index (χ4n) is 1.62. The van der Waals surface area contributed by atoms with E-state index < -0.39 is 29.7 Å². The molecule has 0 fully saturated rings. The number of esters is 1. The Morgan fingerprint density at radius 3 is 2.23 bits per heavy atom. The maximum absolute atomic E-state index is 12.8. The van der Waals surface area contributed by atoms with Gasteiger partial charge in [0.2, 0.25) is 0 Å².